The highest BCUT2D eigenvalue weighted by molar-refractivity contribution is 6.06. The van der Waals surface area contributed by atoms with Gasteiger partial charge in [0.15, 0.2) is 5.69 Å². The van der Waals surface area contributed by atoms with Crippen LogP contribution in [0.5, 0.6) is 5.88 Å². The lowest BCUT2D eigenvalue weighted by molar-refractivity contribution is 0.0894. The molecule has 3 rings (SSSR count). The normalized spacial score (nSPS) is 12.8. The SMILES string of the molecule is CCCNCCOc1ccc(NC(=O)c2n[nH]c3c2C(NOCC)=CCC3)cn1. The Morgan fingerprint density at radius 1 is 1.28 bits per heavy atom. The zero-order valence-electron chi connectivity index (χ0n) is 16.9. The Morgan fingerprint density at radius 2 is 2.17 bits per heavy atom. The first kappa shape index (κ1) is 20.8. The van der Waals surface area contributed by atoms with Gasteiger partial charge in [0.1, 0.15) is 6.61 Å². The minimum absolute atomic E-state index is 0.312. The number of rotatable bonds is 11. The van der Waals surface area contributed by atoms with E-state index >= 15 is 0 Å². The van der Waals surface area contributed by atoms with Gasteiger partial charge in [-0.15, -0.1) is 0 Å². The number of hydrogen-bond donors (Lipinski definition) is 4. The fourth-order valence-corrected chi connectivity index (χ4v) is 2.98. The number of ether oxygens (including phenoxy) is 1. The first-order valence-electron chi connectivity index (χ1n) is 9.99. The van der Waals surface area contributed by atoms with Gasteiger partial charge in [-0.25, -0.2) is 4.98 Å². The average molecular weight is 400 g/mol. The van der Waals surface area contributed by atoms with Gasteiger partial charge in [0.05, 0.1) is 29.8 Å². The first-order chi connectivity index (χ1) is 14.2. The maximum absolute atomic E-state index is 12.8. The summed E-state index contributed by atoms with van der Waals surface area (Å²) in [4.78, 5) is 22.3. The van der Waals surface area contributed by atoms with E-state index in [1.165, 1.54) is 0 Å². The number of hydroxylamine groups is 1. The van der Waals surface area contributed by atoms with E-state index in [4.69, 9.17) is 9.57 Å². The molecule has 1 aliphatic rings. The molecule has 2 heterocycles. The molecule has 0 atom stereocenters. The van der Waals surface area contributed by atoms with E-state index in [1.54, 1.807) is 18.3 Å². The van der Waals surface area contributed by atoms with Crippen LogP contribution in [0.1, 0.15) is 48.4 Å². The van der Waals surface area contributed by atoms with Crippen LogP contribution in [0.25, 0.3) is 5.70 Å². The van der Waals surface area contributed by atoms with E-state index in [0.29, 0.717) is 30.5 Å². The summed E-state index contributed by atoms with van der Waals surface area (Å²) in [6.45, 7) is 6.80. The molecule has 2 aromatic heterocycles. The summed E-state index contributed by atoms with van der Waals surface area (Å²) in [5.41, 5.74) is 6.21. The number of fused-ring (bicyclic) bond motifs is 1. The number of H-pyrrole nitrogens is 1. The summed E-state index contributed by atoms with van der Waals surface area (Å²) in [7, 11) is 0. The number of hydrogen-bond acceptors (Lipinski definition) is 7. The molecule has 0 unspecified atom stereocenters. The number of carbonyl (C=O) groups is 1. The van der Waals surface area contributed by atoms with Crippen LogP contribution in [0.3, 0.4) is 0 Å². The number of anilines is 1. The molecule has 4 N–H and O–H groups in total. The van der Waals surface area contributed by atoms with Crippen LogP contribution in [0.15, 0.2) is 24.4 Å². The molecule has 0 saturated carbocycles. The number of carbonyl (C=O) groups excluding carboxylic acids is 1. The zero-order valence-corrected chi connectivity index (χ0v) is 16.9. The molecular weight excluding hydrogens is 372 g/mol. The Bertz CT molecular complexity index is 831. The van der Waals surface area contributed by atoms with Crippen molar-refractivity contribution in [3.63, 3.8) is 0 Å². The van der Waals surface area contributed by atoms with Crippen molar-refractivity contribution >= 4 is 17.3 Å². The molecule has 29 heavy (non-hydrogen) atoms. The summed E-state index contributed by atoms with van der Waals surface area (Å²) in [5.74, 6) is 0.206. The number of aromatic nitrogens is 3. The van der Waals surface area contributed by atoms with Gasteiger partial charge in [-0.2, -0.15) is 5.10 Å². The van der Waals surface area contributed by atoms with E-state index in [-0.39, 0.29) is 5.91 Å². The van der Waals surface area contributed by atoms with Crippen molar-refractivity contribution in [2.45, 2.75) is 33.1 Å². The van der Waals surface area contributed by atoms with Crippen molar-refractivity contribution in [2.75, 3.05) is 31.6 Å². The van der Waals surface area contributed by atoms with Crippen LogP contribution < -0.4 is 20.9 Å². The molecule has 0 radical (unpaired) electrons. The van der Waals surface area contributed by atoms with Gasteiger partial charge in [0, 0.05) is 18.3 Å². The lowest BCUT2D eigenvalue weighted by Gasteiger charge is -2.16. The summed E-state index contributed by atoms with van der Waals surface area (Å²) < 4.78 is 5.58. The van der Waals surface area contributed by atoms with Gasteiger partial charge in [-0.3, -0.25) is 20.2 Å². The number of nitrogens with one attached hydrogen (secondary N) is 4. The lowest BCUT2D eigenvalue weighted by Crippen LogP contribution is -2.21. The molecule has 0 bridgehead atoms. The van der Waals surface area contributed by atoms with E-state index in [1.807, 2.05) is 13.0 Å². The molecule has 9 heteroatoms. The van der Waals surface area contributed by atoms with E-state index in [9.17, 15) is 4.79 Å². The highest BCUT2D eigenvalue weighted by Gasteiger charge is 2.25. The highest BCUT2D eigenvalue weighted by atomic mass is 16.6. The van der Waals surface area contributed by atoms with Crippen molar-refractivity contribution in [1.29, 1.82) is 0 Å². The topological polar surface area (TPSA) is 113 Å². The molecule has 0 aliphatic heterocycles. The molecule has 1 aliphatic carbocycles. The van der Waals surface area contributed by atoms with Gasteiger partial charge in [0.25, 0.3) is 5.91 Å². The molecule has 0 aromatic carbocycles. The molecular formula is C20H28N6O3. The number of nitrogens with zero attached hydrogens (tertiary/aromatic N) is 2. The van der Waals surface area contributed by atoms with Gasteiger partial charge in [-0.05, 0) is 38.8 Å². The maximum atomic E-state index is 12.8. The summed E-state index contributed by atoms with van der Waals surface area (Å²) in [6, 6.07) is 3.49. The minimum atomic E-state index is -0.312. The van der Waals surface area contributed by atoms with Gasteiger partial charge in [0.2, 0.25) is 5.88 Å². The van der Waals surface area contributed by atoms with Crippen LogP contribution in [0.4, 0.5) is 5.69 Å². The Balaban J connectivity index is 1.60. The van der Waals surface area contributed by atoms with Crippen molar-refractivity contribution < 1.29 is 14.4 Å². The standard InChI is InChI=1S/C20H28N6O3/c1-3-10-21-11-12-28-17-9-8-14(13-22-17)23-20(27)19-18-15(24-25-19)6-5-7-16(18)26-29-4-2/h7-9,13,21,26H,3-6,10-12H2,1-2H3,(H,23,27)(H,24,25). The molecule has 2 aromatic rings. The van der Waals surface area contributed by atoms with E-state index in [0.717, 1.165) is 49.3 Å². The number of pyridine rings is 1. The molecule has 0 spiro atoms. The highest BCUT2D eigenvalue weighted by Crippen LogP contribution is 2.27. The van der Waals surface area contributed by atoms with Crippen LogP contribution in [0.2, 0.25) is 0 Å². The van der Waals surface area contributed by atoms with Gasteiger partial charge < -0.3 is 15.4 Å². The quantitative estimate of drug-likeness (QED) is 0.338. The average Bonchev–Trinajstić information content (AvgIpc) is 3.18. The number of aromatic amines is 1. The number of allylic oxidation sites excluding steroid dienone is 1. The molecule has 9 nitrogen and oxygen atoms in total. The largest absolute Gasteiger partial charge is 0.476 e. The third-order valence-electron chi connectivity index (χ3n) is 4.34. The fraction of sp³-hybridized carbons (Fsp3) is 0.450. The molecule has 0 fully saturated rings. The number of amides is 1. The Hall–Kier alpha value is -2.91. The van der Waals surface area contributed by atoms with E-state index in [2.05, 4.69) is 38.2 Å². The third-order valence-corrected chi connectivity index (χ3v) is 4.34. The summed E-state index contributed by atoms with van der Waals surface area (Å²) >= 11 is 0. The minimum Gasteiger partial charge on any atom is -0.476 e. The second kappa shape index (κ2) is 10.6. The summed E-state index contributed by atoms with van der Waals surface area (Å²) in [6.07, 6.45) is 6.32. The Labute approximate surface area is 170 Å². The Morgan fingerprint density at radius 3 is 2.93 bits per heavy atom. The lowest BCUT2D eigenvalue weighted by atomic mass is 9.99. The van der Waals surface area contributed by atoms with Crippen molar-refractivity contribution in [2.24, 2.45) is 0 Å². The monoisotopic (exact) mass is 400 g/mol. The van der Waals surface area contributed by atoms with Gasteiger partial charge in [-0.1, -0.05) is 13.0 Å². The molecule has 1 amide bonds. The smallest absolute Gasteiger partial charge is 0.276 e. The zero-order chi connectivity index (χ0) is 20.5. The fourth-order valence-electron chi connectivity index (χ4n) is 2.98. The summed E-state index contributed by atoms with van der Waals surface area (Å²) in [5, 5.41) is 13.3. The maximum Gasteiger partial charge on any atom is 0.276 e. The van der Waals surface area contributed by atoms with Crippen LogP contribution in [-0.2, 0) is 11.3 Å². The van der Waals surface area contributed by atoms with Crippen molar-refractivity contribution in [3.05, 3.63) is 41.4 Å². The second-order valence-electron chi connectivity index (χ2n) is 6.56. The van der Waals surface area contributed by atoms with Crippen LogP contribution in [-0.4, -0.2) is 47.4 Å². The number of aryl methyl sites for hydroxylation is 1. The van der Waals surface area contributed by atoms with E-state index < -0.39 is 0 Å². The molecule has 0 saturated heterocycles. The van der Waals surface area contributed by atoms with Gasteiger partial charge >= 0.3 is 0 Å². The second-order valence-corrected chi connectivity index (χ2v) is 6.56. The Kier molecular flexibility index (Phi) is 7.60. The predicted octanol–water partition coefficient (Wildman–Crippen LogP) is 2.26. The first-order valence-corrected chi connectivity index (χ1v) is 9.99. The third kappa shape index (κ3) is 5.55. The van der Waals surface area contributed by atoms with Crippen LogP contribution >= 0.6 is 0 Å². The molecule has 156 valence electrons. The van der Waals surface area contributed by atoms with Crippen molar-refractivity contribution in [3.8, 4) is 5.88 Å². The van der Waals surface area contributed by atoms with Crippen LogP contribution in [0, 0.1) is 0 Å². The predicted molar refractivity (Wildman–Crippen MR) is 110 cm³/mol. The van der Waals surface area contributed by atoms with Crippen molar-refractivity contribution in [1.82, 2.24) is 26.0 Å².